The van der Waals surface area contributed by atoms with Crippen LogP contribution in [-0.2, 0) is 0 Å². The topological polar surface area (TPSA) is 49.3 Å². The van der Waals surface area contributed by atoms with Crippen LogP contribution in [-0.4, -0.2) is 35.7 Å². The van der Waals surface area contributed by atoms with E-state index in [4.69, 9.17) is 5.11 Å². The van der Waals surface area contributed by atoms with E-state index in [0.717, 1.165) is 0 Å². The minimum atomic E-state index is -0.127. The zero-order chi connectivity index (χ0) is 12.1. The summed E-state index contributed by atoms with van der Waals surface area (Å²) in [6, 6.07) is 7.73. The summed E-state index contributed by atoms with van der Waals surface area (Å²) in [6.07, 6.45) is 0. The van der Waals surface area contributed by atoms with Crippen molar-refractivity contribution in [2.75, 3.05) is 24.7 Å². The molecule has 0 spiro atoms. The van der Waals surface area contributed by atoms with E-state index < -0.39 is 0 Å². The van der Waals surface area contributed by atoms with Crippen molar-refractivity contribution in [3.63, 3.8) is 0 Å². The number of nitrogens with one attached hydrogen (secondary N) is 1. The monoisotopic (exact) mass is 269 g/mol. The van der Waals surface area contributed by atoms with Gasteiger partial charge in [0.1, 0.15) is 0 Å². The molecule has 1 aromatic carbocycles. The molecule has 17 heavy (non-hydrogen) atoms. The molecular formula is C12H15NO2S2. The summed E-state index contributed by atoms with van der Waals surface area (Å²) in [5.74, 6) is 2.28. The SMILES string of the molecule is O=C(NCCO)c1ccc(C2SCCS2)cc1. The van der Waals surface area contributed by atoms with Crippen molar-refractivity contribution in [2.24, 2.45) is 0 Å². The molecule has 0 aliphatic carbocycles. The summed E-state index contributed by atoms with van der Waals surface area (Å²) < 4.78 is 0.518. The smallest absolute Gasteiger partial charge is 0.251 e. The van der Waals surface area contributed by atoms with Crippen LogP contribution in [0.15, 0.2) is 24.3 Å². The number of hydrogen-bond donors (Lipinski definition) is 2. The molecule has 0 unspecified atom stereocenters. The highest BCUT2D eigenvalue weighted by Crippen LogP contribution is 2.45. The van der Waals surface area contributed by atoms with Crippen molar-refractivity contribution in [3.8, 4) is 0 Å². The fourth-order valence-electron chi connectivity index (χ4n) is 1.61. The van der Waals surface area contributed by atoms with E-state index in [1.165, 1.54) is 17.1 Å². The largest absolute Gasteiger partial charge is 0.395 e. The molecule has 5 heteroatoms. The summed E-state index contributed by atoms with van der Waals surface area (Å²) in [7, 11) is 0. The van der Waals surface area contributed by atoms with Gasteiger partial charge in [-0.15, -0.1) is 23.5 Å². The standard InChI is InChI=1S/C12H15NO2S2/c14-6-5-13-11(15)9-1-3-10(4-2-9)12-16-7-8-17-12/h1-4,12,14H,5-8H2,(H,13,15). The van der Waals surface area contributed by atoms with Crippen LogP contribution < -0.4 is 5.32 Å². The Kier molecular flexibility index (Phi) is 4.76. The fourth-order valence-corrected chi connectivity index (χ4v) is 4.47. The molecule has 1 aliphatic rings. The number of hydrogen-bond acceptors (Lipinski definition) is 4. The van der Waals surface area contributed by atoms with Gasteiger partial charge in [-0.05, 0) is 17.7 Å². The minimum absolute atomic E-state index is 0.0286. The molecule has 1 aliphatic heterocycles. The molecular weight excluding hydrogens is 254 g/mol. The molecule has 1 fully saturated rings. The molecule has 0 bridgehead atoms. The molecule has 1 saturated heterocycles. The van der Waals surface area contributed by atoms with Crippen LogP contribution in [0.25, 0.3) is 0 Å². The van der Waals surface area contributed by atoms with Gasteiger partial charge >= 0.3 is 0 Å². The van der Waals surface area contributed by atoms with E-state index >= 15 is 0 Å². The summed E-state index contributed by atoms with van der Waals surface area (Å²) in [4.78, 5) is 11.6. The summed E-state index contributed by atoms with van der Waals surface area (Å²) >= 11 is 3.91. The third-order valence-electron chi connectivity index (χ3n) is 2.46. The van der Waals surface area contributed by atoms with E-state index in [1.54, 1.807) is 0 Å². The van der Waals surface area contributed by atoms with Gasteiger partial charge in [-0.2, -0.15) is 0 Å². The quantitative estimate of drug-likeness (QED) is 0.876. The van der Waals surface area contributed by atoms with Gasteiger partial charge in [0.2, 0.25) is 0 Å². The van der Waals surface area contributed by atoms with E-state index in [-0.39, 0.29) is 12.5 Å². The molecule has 1 heterocycles. The lowest BCUT2D eigenvalue weighted by atomic mass is 10.1. The van der Waals surface area contributed by atoms with Gasteiger partial charge in [-0.3, -0.25) is 4.79 Å². The number of benzene rings is 1. The second-order valence-electron chi connectivity index (χ2n) is 3.68. The van der Waals surface area contributed by atoms with Gasteiger partial charge in [0.05, 0.1) is 11.2 Å². The Morgan fingerprint density at radius 1 is 1.29 bits per heavy atom. The highest BCUT2D eigenvalue weighted by atomic mass is 32.2. The third-order valence-corrected chi connectivity index (χ3v) is 5.57. The Labute approximate surface area is 109 Å². The van der Waals surface area contributed by atoms with Crippen molar-refractivity contribution in [2.45, 2.75) is 4.58 Å². The van der Waals surface area contributed by atoms with Crippen molar-refractivity contribution in [3.05, 3.63) is 35.4 Å². The predicted octanol–water partition coefficient (Wildman–Crippen LogP) is 1.89. The zero-order valence-electron chi connectivity index (χ0n) is 9.39. The number of carbonyl (C=O) groups excluding carboxylic acids is 1. The van der Waals surface area contributed by atoms with Crippen LogP contribution in [0.5, 0.6) is 0 Å². The number of amides is 1. The normalized spacial score (nSPS) is 16.1. The fraction of sp³-hybridized carbons (Fsp3) is 0.417. The predicted molar refractivity (Wildman–Crippen MR) is 73.5 cm³/mol. The molecule has 3 nitrogen and oxygen atoms in total. The van der Waals surface area contributed by atoms with Crippen LogP contribution >= 0.6 is 23.5 Å². The van der Waals surface area contributed by atoms with Crippen LogP contribution in [0.4, 0.5) is 0 Å². The molecule has 0 saturated carbocycles. The highest BCUT2D eigenvalue weighted by Gasteiger charge is 2.18. The average Bonchev–Trinajstić information content (AvgIpc) is 2.90. The Balaban J connectivity index is 1.99. The highest BCUT2D eigenvalue weighted by molar-refractivity contribution is 8.19. The maximum absolute atomic E-state index is 11.6. The Morgan fingerprint density at radius 3 is 2.53 bits per heavy atom. The molecule has 0 atom stereocenters. The Hall–Kier alpha value is -0.650. The first-order chi connectivity index (χ1) is 8.31. The minimum Gasteiger partial charge on any atom is -0.395 e. The molecule has 2 rings (SSSR count). The van der Waals surface area contributed by atoms with Gasteiger partial charge in [0, 0.05) is 23.6 Å². The molecule has 2 N–H and O–H groups in total. The first kappa shape index (κ1) is 12.8. The molecule has 0 aromatic heterocycles. The maximum Gasteiger partial charge on any atom is 0.251 e. The number of carbonyl (C=O) groups is 1. The van der Waals surface area contributed by atoms with Gasteiger partial charge < -0.3 is 10.4 Å². The lowest BCUT2D eigenvalue weighted by Gasteiger charge is -2.09. The first-order valence-corrected chi connectivity index (χ1v) is 7.63. The molecule has 92 valence electrons. The lowest BCUT2D eigenvalue weighted by Crippen LogP contribution is -2.26. The van der Waals surface area contributed by atoms with Gasteiger partial charge in [0.25, 0.3) is 5.91 Å². The number of aliphatic hydroxyl groups is 1. The first-order valence-electron chi connectivity index (χ1n) is 5.53. The maximum atomic E-state index is 11.6. The van der Waals surface area contributed by atoms with Crippen LogP contribution in [0.3, 0.4) is 0 Å². The van der Waals surface area contributed by atoms with Gasteiger partial charge in [-0.25, -0.2) is 0 Å². The second kappa shape index (κ2) is 6.33. The van der Waals surface area contributed by atoms with Crippen LogP contribution in [0, 0.1) is 0 Å². The molecule has 0 radical (unpaired) electrons. The van der Waals surface area contributed by atoms with Gasteiger partial charge in [0.15, 0.2) is 0 Å². The summed E-state index contributed by atoms with van der Waals surface area (Å²) in [5, 5.41) is 11.3. The lowest BCUT2D eigenvalue weighted by molar-refractivity contribution is 0.0945. The van der Waals surface area contributed by atoms with Crippen molar-refractivity contribution >= 4 is 29.4 Å². The summed E-state index contributed by atoms with van der Waals surface area (Å²) in [6.45, 7) is 0.272. The van der Waals surface area contributed by atoms with Crippen LogP contribution in [0.1, 0.15) is 20.5 Å². The van der Waals surface area contributed by atoms with E-state index in [1.807, 2.05) is 47.8 Å². The Bertz CT molecular complexity index is 375. The number of thioether (sulfide) groups is 2. The second-order valence-corrected chi connectivity index (χ2v) is 6.40. The van der Waals surface area contributed by atoms with Gasteiger partial charge in [-0.1, -0.05) is 12.1 Å². The van der Waals surface area contributed by atoms with Crippen molar-refractivity contribution in [1.82, 2.24) is 5.32 Å². The number of rotatable bonds is 4. The van der Waals surface area contributed by atoms with E-state index in [2.05, 4.69) is 5.32 Å². The zero-order valence-corrected chi connectivity index (χ0v) is 11.0. The average molecular weight is 269 g/mol. The Morgan fingerprint density at radius 2 is 1.94 bits per heavy atom. The van der Waals surface area contributed by atoms with E-state index in [0.29, 0.717) is 16.7 Å². The molecule has 1 aromatic rings. The third kappa shape index (κ3) is 3.40. The van der Waals surface area contributed by atoms with Crippen LogP contribution in [0.2, 0.25) is 0 Å². The molecule has 1 amide bonds. The summed E-state index contributed by atoms with van der Waals surface area (Å²) in [5.41, 5.74) is 1.92. The van der Waals surface area contributed by atoms with E-state index in [9.17, 15) is 4.79 Å². The van der Waals surface area contributed by atoms with Crippen molar-refractivity contribution in [1.29, 1.82) is 0 Å². The van der Waals surface area contributed by atoms with Crippen molar-refractivity contribution < 1.29 is 9.90 Å². The number of aliphatic hydroxyl groups excluding tert-OH is 1.